The van der Waals surface area contributed by atoms with E-state index < -0.39 is 0 Å². The Labute approximate surface area is 138 Å². The second kappa shape index (κ2) is 5.82. The van der Waals surface area contributed by atoms with E-state index in [1.165, 1.54) is 28.1 Å². The Morgan fingerprint density at radius 1 is 0.913 bits per heavy atom. The Kier molecular flexibility index (Phi) is 3.66. The van der Waals surface area contributed by atoms with Crippen molar-refractivity contribution in [2.75, 3.05) is 38.1 Å². The number of nitrogens with zero attached hydrogens (tertiary/aromatic N) is 3. The quantitative estimate of drug-likeness (QED) is 0.846. The number of benzene rings is 2. The molecule has 118 valence electrons. The van der Waals surface area contributed by atoms with Crippen LogP contribution >= 0.6 is 0 Å². The average Bonchev–Trinajstić information content (AvgIpc) is 2.99. The SMILES string of the molecule is Cc1ccc2c(c1)CC(c1ccc(N3CCN(C)CC3)cc1)=N2. The predicted molar refractivity (Wildman–Crippen MR) is 97.2 cm³/mol. The van der Waals surface area contributed by atoms with Crippen LogP contribution < -0.4 is 4.90 Å². The van der Waals surface area contributed by atoms with Crippen molar-refractivity contribution in [3.05, 3.63) is 59.2 Å². The van der Waals surface area contributed by atoms with E-state index in [2.05, 4.69) is 66.2 Å². The Morgan fingerprint density at radius 3 is 2.39 bits per heavy atom. The van der Waals surface area contributed by atoms with Gasteiger partial charge in [0.1, 0.15) is 0 Å². The number of piperazine rings is 1. The van der Waals surface area contributed by atoms with Gasteiger partial charge in [-0.1, -0.05) is 29.8 Å². The van der Waals surface area contributed by atoms with Gasteiger partial charge in [0.15, 0.2) is 0 Å². The lowest BCUT2D eigenvalue weighted by atomic mass is 10.0. The van der Waals surface area contributed by atoms with Crippen molar-refractivity contribution in [3.8, 4) is 0 Å². The molecule has 2 aromatic carbocycles. The maximum Gasteiger partial charge on any atom is 0.0669 e. The summed E-state index contributed by atoms with van der Waals surface area (Å²) >= 11 is 0. The summed E-state index contributed by atoms with van der Waals surface area (Å²) in [7, 11) is 2.19. The minimum Gasteiger partial charge on any atom is -0.369 e. The van der Waals surface area contributed by atoms with Crippen molar-refractivity contribution in [2.24, 2.45) is 4.99 Å². The second-order valence-electron chi connectivity index (χ2n) is 6.70. The van der Waals surface area contributed by atoms with E-state index in [0.717, 1.165) is 38.3 Å². The van der Waals surface area contributed by atoms with Gasteiger partial charge in [0.2, 0.25) is 0 Å². The fourth-order valence-corrected chi connectivity index (χ4v) is 3.43. The van der Waals surface area contributed by atoms with Crippen molar-refractivity contribution in [1.29, 1.82) is 0 Å². The van der Waals surface area contributed by atoms with Crippen molar-refractivity contribution in [1.82, 2.24) is 4.90 Å². The van der Waals surface area contributed by atoms with Gasteiger partial charge in [0.25, 0.3) is 0 Å². The fourth-order valence-electron chi connectivity index (χ4n) is 3.43. The molecule has 23 heavy (non-hydrogen) atoms. The van der Waals surface area contributed by atoms with Crippen LogP contribution in [0, 0.1) is 6.92 Å². The molecule has 2 aliphatic rings. The molecule has 3 heteroatoms. The molecule has 0 bridgehead atoms. The summed E-state index contributed by atoms with van der Waals surface area (Å²) in [6, 6.07) is 15.5. The lowest BCUT2D eigenvalue weighted by Gasteiger charge is -2.34. The number of hydrogen-bond donors (Lipinski definition) is 0. The largest absolute Gasteiger partial charge is 0.369 e. The van der Waals surface area contributed by atoms with Crippen LogP contribution in [0.25, 0.3) is 0 Å². The van der Waals surface area contributed by atoms with E-state index in [0.29, 0.717) is 0 Å². The van der Waals surface area contributed by atoms with Crippen LogP contribution in [0.2, 0.25) is 0 Å². The molecule has 1 fully saturated rings. The number of anilines is 1. The van der Waals surface area contributed by atoms with Gasteiger partial charge in [-0.2, -0.15) is 0 Å². The van der Waals surface area contributed by atoms with E-state index in [1.54, 1.807) is 0 Å². The van der Waals surface area contributed by atoms with Gasteiger partial charge >= 0.3 is 0 Å². The predicted octanol–water partition coefficient (Wildman–Crippen LogP) is 3.42. The third-order valence-corrected chi connectivity index (χ3v) is 4.92. The maximum atomic E-state index is 4.81. The molecule has 3 nitrogen and oxygen atoms in total. The topological polar surface area (TPSA) is 18.8 Å². The van der Waals surface area contributed by atoms with Gasteiger partial charge in [-0.25, -0.2) is 0 Å². The molecule has 0 atom stereocenters. The van der Waals surface area contributed by atoms with Crippen LogP contribution in [0.4, 0.5) is 11.4 Å². The normalized spacial score (nSPS) is 18.0. The summed E-state index contributed by atoms with van der Waals surface area (Å²) in [5.74, 6) is 0. The van der Waals surface area contributed by atoms with Gasteiger partial charge < -0.3 is 9.80 Å². The van der Waals surface area contributed by atoms with E-state index in [1.807, 2.05) is 0 Å². The molecule has 2 aliphatic heterocycles. The highest BCUT2D eigenvalue weighted by molar-refractivity contribution is 6.06. The summed E-state index contributed by atoms with van der Waals surface area (Å²) in [6.07, 6.45) is 0.949. The summed E-state index contributed by atoms with van der Waals surface area (Å²) < 4.78 is 0. The van der Waals surface area contributed by atoms with E-state index >= 15 is 0 Å². The Balaban J connectivity index is 1.51. The molecule has 1 saturated heterocycles. The van der Waals surface area contributed by atoms with Crippen LogP contribution in [0.5, 0.6) is 0 Å². The smallest absolute Gasteiger partial charge is 0.0669 e. The Morgan fingerprint density at radius 2 is 1.65 bits per heavy atom. The standard InChI is InChI=1S/C20H23N3/c1-15-3-8-19-17(13-15)14-20(21-19)16-4-6-18(7-5-16)23-11-9-22(2)10-12-23/h3-8,13H,9-12,14H2,1-2H3. The van der Waals surface area contributed by atoms with Crippen LogP contribution in [0.15, 0.2) is 47.5 Å². The van der Waals surface area contributed by atoms with Gasteiger partial charge in [0, 0.05) is 38.3 Å². The zero-order chi connectivity index (χ0) is 15.8. The Hall–Kier alpha value is -2.13. The third-order valence-electron chi connectivity index (χ3n) is 4.92. The lowest BCUT2D eigenvalue weighted by molar-refractivity contribution is 0.313. The molecule has 0 amide bonds. The number of aliphatic imine (C=N–C) groups is 1. The molecule has 2 heterocycles. The van der Waals surface area contributed by atoms with Crippen LogP contribution in [-0.4, -0.2) is 43.8 Å². The third kappa shape index (κ3) is 2.89. The van der Waals surface area contributed by atoms with Gasteiger partial charge in [-0.3, -0.25) is 4.99 Å². The first-order valence-electron chi connectivity index (χ1n) is 8.40. The second-order valence-corrected chi connectivity index (χ2v) is 6.70. The Bertz CT molecular complexity index is 738. The molecule has 0 unspecified atom stereocenters. The summed E-state index contributed by atoms with van der Waals surface area (Å²) in [5.41, 5.74) is 7.56. The van der Waals surface area contributed by atoms with Gasteiger partial charge in [-0.05, 0) is 43.3 Å². The maximum absolute atomic E-state index is 4.81. The van der Waals surface area contributed by atoms with Crippen molar-refractivity contribution >= 4 is 17.1 Å². The first-order chi connectivity index (χ1) is 11.2. The fraction of sp³-hybridized carbons (Fsp3) is 0.350. The van der Waals surface area contributed by atoms with Crippen LogP contribution in [0.3, 0.4) is 0 Å². The highest BCUT2D eigenvalue weighted by Gasteiger charge is 2.17. The van der Waals surface area contributed by atoms with Crippen molar-refractivity contribution in [3.63, 3.8) is 0 Å². The zero-order valence-corrected chi connectivity index (χ0v) is 13.9. The molecule has 0 radical (unpaired) electrons. The first-order valence-corrected chi connectivity index (χ1v) is 8.40. The van der Waals surface area contributed by atoms with E-state index in [4.69, 9.17) is 4.99 Å². The van der Waals surface area contributed by atoms with Crippen LogP contribution in [-0.2, 0) is 6.42 Å². The summed E-state index contributed by atoms with van der Waals surface area (Å²) in [6.45, 7) is 6.65. The van der Waals surface area contributed by atoms with Crippen LogP contribution in [0.1, 0.15) is 16.7 Å². The monoisotopic (exact) mass is 305 g/mol. The number of aryl methyl sites for hydroxylation is 1. The van der Waals surface area contributed by atoms with Gasteiger partial charge in [0.05, 0.1) is 11.4 Å². The van der Waals surface area contributed by atoms with Crippen molar-refractivity contribution < 1.29 is 0 Å². The van der Waals surface area contributed by atoms with E-state index in [9.17, 15) is 0 Å². The molecule has 0 aliphatic carbocycles. The molecule has 0 spiro atoms. The molecular weight excluding hydrogens is 282 g/mol. The molecule has 0 aromatic heterocycles. The number of hydrogen-bond acceptors (Lipinski definition) is 3. The zero-order valence-electron chi connectivity index (χ0n) is 13.9. The number of rotatable bonds is 2. The minimum absolute atomic E-state index is 0.949. The molecule has 4 rings (SSSR count). The minimum atomic E-state index is 0.949. The van der Waals surface area contributed by atoms with Crippen molar-refractivity contribution in [2.45, 2.75) is 13.3 Å². The van der Waals surface area contributed by atoms with Gasteiger partial charge in [-0.15, -0.1) is 0 Å². The molecule has 0 saturated carbocycles. The lowest BCUT2D eigenvalue weighted by Crippen LogP contribution is -2.44. The first kappa shape index (κ1) is 14.5. The highest BCUT2D eigenvalue weighted by Crippen LogP contribution is 2.30. The molecule has 2 aromatic rings. The molecular formula is C20H23N3. The van der Waals surface area contributed by atoms with E-state index in [-0.39, 0.29) is 0 Å². The number of fused-ring (bicyclic) bond motifs is 1. The summed E-state index contributed by atoms with van der Waals surface area (Å²) in [4.78, 5) is 9.67. The highest BCUT2D eigenvalue weighted by atomic mass is 15.2. The average molecular weight is 305 g/mol. The number of likely N-dealkylation sites (N-methyl/N-ethyl adjacent to an activating group) is 1. The molecule has 0 N–H and O–H groups in total. The summed E-state index contributed by atoms with van der Waals surface area (Å²) in [5, 5.41) is 0.